The molecule has 0 unspecified atom stereocenters. The van der Waals surface area contributed by atoms with Crippen LogP contribution in [0.4, 0.5) is 5.69 Å². The number of nitrogens with zero attached hydrogens (tertiary/aromatic N) is 1. The molecule has 6 aromatic rings. The molecule has 0 aliphatic heterocycles. The van der Waals surface area contributed by atoms with Crippen LogP contribution in [-0.4, -0.2) is 22.2 Å². The van der Waals surface area contributed by atoms with Crippen LogP contribution in [0.2, 0.25) is 0 Å². The van der Waals surface area contributed by atoms with Crippen LogP contribution in [0, 0.1) is 27.7 Å². The fourth-order valence-corrected chi connectivity index (χ4v) is 15.9. The summed E-state index contributed by atoms with van der Waals surface area (Å²) in [7, 11) is 14.8. The predicted octanol–water partition coefficient (Wildman–Crippen LogP) is 8.60. The number of aryl methyl sites for hydroxylation is 4. The van der Waals surface area contributed by atoms with E-state index in [2.05, 4.69) is 113 Å². The maximum atomic E-state index is 7.39. The molecule has 0 spiro atoms. The van der Waals surface area contributed by atoms with Crippen molar-refractivity contribution in [2.24, 2.45) is 4.99 Å². The molecular formula is C33H27Cl2NTe. The van der Waals surface area contributed by atoms with Gasteiger partial charge in [-0.2, -0.15) is 0 Å². The van der Waals surface area contributed by atoms with Crippen molar-refractivity contribution >= 4 is 85.3 Å². The number of hydrogen-bond acceptors (Lipinski definition) is 1. The number of rotatable bonds is 4. The van der Waals surface area contributed by atoms with Gasteiger partial charge in [-0.1, -0.05) is 0 Å². The summed E-state index contributed by atoms with van der Waals surface area (Å²) in [6.45, 7) is 8.42. The summed E-state index contributed by atoms with van der Waals surface area (Å²) in [4.78, 5) is 5.02. The summed E-state index contributed by atoms with van der Waals surface area (Å²) in [6, 6.07) is 30.3. The molecule has 1 nitrogen and oxygen atoms in total. The third-order valence-electron chi connectivity index (χ3n) is 7.16. The summed E-state index contributed by atoms with van der Waals surface area (Å²) in [6.07, 6.45) is 1.97. The molecule has 6 aromatic carbocycles. The van der Waals surface area contributed by atoms with Gasteiger partial charge in [0.15, 0.2) is 0 Å². The van der Waals surface area contributed by atoms with Crippen LogP contribution in [0.3, 0.4) is 0 Å². The molecular weight excluding hydrogens is 609 g/mol. The third-order valence-corrected chi connectivity index (χ3v) is 17.3. The molecule has 0 saturated heterocycles. The first-order chi connectivity index (χ1) is 17.7. The monoisotopic (exact) mass is 637 g/mol. The van der Waals surface area contributed by atoms with Gasteiger partial charge in [0, 0.05) is 0 Å². The Hall–Kier alpha value is -2.60. The Kier molecular flexibility index (Phi) is 6.21. The number of hydrogen-bond donors (Lipinski definition) is 0. The molecule has 0 heterocycles. The second-order valence-corrected chi connectivity index (χ2v) is 22.3. The normalized spacial score (nSPS) is 12.9. The fourth-order valence-electron chi connectivity index (χ4n) is 5.62. The van der Waals surface area contributed by atoms with Crippen molar-refractivity contribution in [2.75, 3.05) is 0 Å². The average Bonchev–Trinajstić information content (AvgIpc) is 2.86. The van der Waals surface area contributed by atoms with E-state index in [4.69, 9.17) is 22.9 Å². The first-order valence-corrected chi connectivity index (χ1v) is 20.6. The van der Waals surface area contributed by atoms with Crippen molar-refractivity contribution in [2.45, 2.75) is 27.7 Å². The fraction of sp³-hybridized carbons (Fsp3) is 0.121. The van der Waals surface area contributed by atoms with E-state index in [1.807, 2.05) is 6.21 Å². The van der Waals surface area contributed by atoms with Crippen LogP contribution in [0.5, 0.6) is 0 Å². The van der Waals surface area contributed by atoms with Crippen LogP contribution in [0.1, 0.15) is 27.8 Å². The quantitative estimate of drug-likeness (QED) is 0.105. The molecule has 0 aromatic heterocycles. The van der Waals surface area contributed by atoms with E-state index in [9.17, 15) is 0 Å². The van der Waals surface area contributed by atoms with Crippen LogP contribution in [-0.2, 0) is 0 Å². The first-order valence-electron chi connectivity index (χ1n) is 12.4. The molecule has 0 radical (unpaired) electrons. The summed E-state index contributed by atoms with van der Waals surface area (Å²) in [5.41, 5.74) is 6.61. The van der Waals surface area contributed by atoms with Gasteiger partial charge >= 0.3 is 231 Å². The molecule has 6 rings (SSSR count). The minimum atomic E-state index is -3.73. The first kappa shape index (κ1) is 24.7. The van der Waals surface area contributed by atoms with Crippen molar-refractivity contribution < 1.29 is 0 Å². The zero-order chi connectivity index (χ0) is 25.9. The average molecular weight is 636 g/mol. The van der Waals surface area contributed by atoms with Crippen molar-refractivity contribution in [3.63, 3.8) is 0 Å². The van der Waals surface area contributed by atoms with Gasteiger partial charge < -0.3 is 0 Å². The summed E-state index contributed by atoms with van der Waals surface area (Å²) in [5, 5.41) is 7.57. The summed E-state index contributed by atoms with van der Waals surface area (Å²) in [5.74, 6) is 0. The Balaban J connectivity index is 1.51. The molecule has 0 saturated carbocycles. The molecule has 0 N–H and O–H groups in total. The van der Waals surface area contributed by atoms with Gasteiger partial charge in [-0.3, -0.25) is 0 Å². The van der Waals surface area contributed by atoms with E-state index in [-0.39, 0.29) is 0 Å². The SMILES string of the molecule is Cc1cc(C)c([Te](Cl)(Cl)c2cc(C)ccc2N=Cc2ccc3ccc4cccc5ccc2c3c45)c(C)c1. The van der Waals surface area contributed by atoms with E-state index >= 15 is 0 Å². The van der Waals surface area contributed by atoms with Crippen LogP contribution < -0.4 is 7.22 Å². The molecule has 4 heteroatoms. The second kappa shape index (κ2) is 9.30. The van der Waals surface area contributed by atoms with E-state index in [1.165, 1.54) is 37.9 Å². The van der Waals surface area contributed by atoms with Crippen LogP contribution >= 0.6 is 17.9 Å². The Bertz CT molecular complexity index is 1810. The maximum absolute atomic E-state index is 7.39. The van der Waals surface area contributed by atoms with Crippen LogP contribution in [0.15, 0.2) is 89.9 Å². The Labute approximate surface area is 229 Å². The molecule has 0 amide bonds. The van der Waals surface area contributed by atoms with Gasteiger partial charge in [0.2, 0.25) is 0 Å². The summed E-state index contributed by atoms with van der Waals surface area (Å²) >= 11 is -3.73. The molecule has 37 heavy (non-hydrogen) atoms. The Morgan fingerprint density at radius 1 is 0.649 bits per heavy atom. The van der Waals surface area contributed by atoms with E-state index < -0.39 is 15.9 Å². The molecule has 0 fully saturated rings. The standard InChI is InChI=1S/C33H27Cl2NTe/c1-20-8-15-29(30(18-20)37(34,35)33-22(3)16-21(2)17-23(33)4)36-19-27-12-11-26-10-9-24-6-5-7-25-13-14-28(27)32(26)31(24)25/h5-19H,1-4H3. The number of benzene rings is 6. The van der Waals surface area contributed by atoms with E-state index in [0.29, 0.717) is 0 Å². The Morgan fingerprint density at radius 3 is 1.97 bits per heavy atom. The molecule has 184 valence electrons. The van der Waals surface area contributed by atoms with Gasteiger partial charge in [0.1, 0.15) is 0 Å². The summed E-state index contributed by atoms with van der Waals surface area (Å²) < 4.78 is 2.09. The second-order valence-electron chi connectivity index (χ2n) is 9.94. The molecule has 0 aliphatic rings. The van der Waals surface area contributed by atoms with E-state index in [1.54, 1.807) is 0 Å². The van der Waals surface area contributed by atoms with Gasteiger partial charge in [0.05, 0.1) is 0 Å². The third kappa shape index (κ3) is 4.21. The zero-order valence-electron chi connectivity index (χ0n) is 21.3. The van der Waals surface area contributed by atoms with Gasteiger partial charge in [-0.25, -0.2) is 0 Å². The zero-order valence-corrected chi connectivity index (χ0v) is 25.1. The molecule has 0 aliphatic carbocycles. The molecule has 0 bridgehead atoms. The van der Waals surface area contributed by atoms with Gasteiger partial charge in [-0.15, -0.1) is 0 Å². The molecule has 0 atom stereocenters. The van der Waals surface area contributed by atoms with Crippen molar-refractivity contribution in [1.29, 1.82) is 0 Å². The minimum absolute atomic E-state index is 0.849. The van der Waals surface area contributed by atoms with Crippen molar-refractivity contribution in [3.05, 3.63) is 113 Å². The van der Waals surface area contributed by atoms with E-state index in [0.717, 1.165) is 35.2 Å². The topological polar surface area (TPSA) is 12.4 Å². The van der Waals surface area contributed by atoms with Crippen molar-refractivity contribution in [3.8, 4) is 0 Å². The van der Waals surface area contributed by atoms with Gasteiger partial charge in [-0.05, 0) is 0 Å². The predicted molar refractivity (Wildman–Crippen MR) is 166 cm³/mol. The van der Waals surface area contributed by atoms with Crippen LogP contribution in [0.25, 0.3) is 32.3 Å². The number of halogens is 2. The van der Waals surface area contributed by atoms with Gasteiger partial charge in [0.25, 0.3) is 0 Å². The number of aliphatic imine (C=N–C) groups is 1. The Morgan fingerprint density at radius 2 is 1.27 bits per heavy atom. The van der Waals surface area contributed by atoms with Crippen molar-refractivity contribution in [1.82, 2.24) is 0 Å².